The lowest BCUT2D eigenvalue weighted by atomic mass is 9.86. The van der Waals surface area contributed by atoms with Crippen molar-refractivity contribution in [2.45, 2.75) is 71.3 Å². The lowest BCUT2D eigenvalue weighted by Gasteiger charge is -2.35. The van der Waals surface area contributed by atoms with Gasteiger partial charge in [0.2, 0.25) is 11.8 Å². The summed E-state index contributed by atoms with van der Waals surface area (Å²) >= 11 is 0. The largest absolute Gasteiger partial charge is 0.342 e. The molecule has 0 unspecified atom stereocenters. The first-order valence-electron chi connectivity index (χ1n) is 9.66. The normalized spacial score (nSPS) is 35.7. The number of rotatable bonds is 3. The van der Waals surface area contributed by atoms with E-state index in [-0.39, 0.29) is 17.7 Å². The summed E-state index contributed by atoms with van der Waals surface area (Å²) in [6, 6.07) is 0.390. The Morgan fingerprint density at radius 3 is 2.57 bits per heavy atom. The molecule has 3 rings (SSSR count). The molecule has 2 heterocycles. The summed E-state index contributed by atoms with van der Waals surface area (Å²) in [7, 11) is 0. The minimum atomic E-state index is -0.0857. The quantitative estimate of drug-likeness (QED) is 0.802. The molecule has 2 atom stereocenters. The van der Waals surface area contributed by atoms with Gasteiger partial charge in [0, 0.05) is 32.1 Å². The second-order valence-corrected chi connectivity index (χ2v) is 8.06. The van der Waals surface area contributed by atoms with Crippen molar-refractivity contribution in [1.29, 1.82) is 0 Å². The van der Waals surface area contributed by atoms with Crippen LogP contribution in [0, 0.1) is 17.8 Å². The highest BCUT2D eigenvalue weighted by molar-refractivity contribution is 5.89. The first-order chi connectivity index (χ1) is 11.1. The van der Waals surface area contributed by atoms with E-state index >= 15 is 0 Å². The second-order valence-electron chi connectivity index (χ2n) is 8.06. The zero-order valence-electron chi connectivity index (χ0n) is 14.8. The summed E-state index contributed by atoms with van der Waals surface area (Å²) in [6.45, 7) is 6.98. The van der Waals surface area contributed by atoms with Crippen LogP contribution in [-0.2, 0) is 9.59 Å². The van der Waals surface area contributed by atoms with Crippen LogP contribution < -0.4 is 0 Å². The highest BCUT2D eigenvalue weighted by atomic mass is 16.2. The molecule has 0 aromatic heterocycles. The average molecular weight is 320 g/mol. The van der Waals surface area contributed by atoms with Gasteiger partial charge in [-0.25, -0.2) is 0 Å². The molecule has 0 N–H and O–H groups in total. The molecule has 23 heavy (non-hydrogen) atoms. The van der Waals surface area contributed by atoms with Crippen LogP contribution in [-0.4, -0.2) is 47.3 Å². The van der Waals surface area contributed by atoms with Crippen LogP contribution in [0.3, 0.4) is 0 Å². The van der Waals surface area contributed by atoms with Crippen LogP contribution in [0.2, 0.25) is 0 Å². The van der Waals surface area contributed by atoms with E-state index in [2.05, 4.69) is 13.8 Å². The third kappa shape index (κ3) is 3.72. The summed E-state index contributed by atoms with van der Waals surface area (Å²) in [6.07, 6.45) is 8.64. The highest BCUT2D eigenvalue weighted by Gasteiger charge is 2.40. The Balaban J connectivity index is 1.57. The van der Waals surface area contributed by atoms with Gasteiger partial charge in [0.25, 0.3) is 0 Å². The molecule has 2 aliphatic heterocycles. The fraction of sp³-hybridized carbons (Fsp3) is 0.895. The van der Waals surface area contributed by atoms with Crippen LogP contribution >= 0.6 is 0 Å². The first kappa shape index (κ1) is 16.8. The Bertz CT molecular complexity index is 443. The van der Waals surface area contributed by atoms with E-state index in [1.54, 1.807) is 0 Å². The summed E-state index contributed by atoms with van der Waals surface area (Å²) < 4.78 is 0. The third-order valence-electron chi connectivity index (χ3n) is 6.34. The molecule has 3 aliphatic rings. The number of carbonyl (C=O) groups is 2. The molecule has 0 aromatic rings. The van der Waals surface area contributed by atoms with E-state index in [4.69, 9.17) is 0 Å². The van der Waals surface area contributed by atoms with Gasteiger partial charge in [0.15, 0.2) is 0 Å². The number of likely N-dealkylation sites (tertiary alicyclic amines) is 2. The van der Waals surface area contributed by atoms with E-state index in [9.17, 15) is 9.59 Å². The maximum absolute atomic E-state index is 12.8. The minimum Gasteiger partial charge on any atom is -0.342 e. The number of amides is 2. The van der Waals surface area contributed by atoms with Gasteiger partial charge in [-0.1, -0.05) is 20.3 Å². The molecular formula is C19H32N2O2. The van der Waals surface area contributed by atoms with E-state index in [1.807, 2.05) is 9.80 Å². The maximum atomic E-state index is 12.8. The number of hydrogen-bond donors (Lipinski definition) is 0. The fourth-order valence-electron chi connectivity index (χ4n) is 4.66. The lowest BCUT2D eigenvalue weighted by Crippen LogP contribution is -2.44. The number of piperidine rings is 1. The molecule has 0 bridgehead atoms. The first-order valence-corrected chi connectivity index (χ1v) is 9.66. The van der Waals surface area contributed by atoms with Crippen molar-refractivity contribution in [3.8, 4) is 0 Å². The fourth-order valence-corrected chi connectivity index (χ4v) is 4.66. The number of carbonyl (C=O) groups excluding carboxylic acids is 2. The van der Waals surface area contributed by atoms with Gasteiger partial charge in [-0.2, -0.15) is 0 Å². The van der Waals surface area contributed by atoms with Crippen LogP contribution in [0.4, 0.5) is 0 Å². The zero-order valence-corrected chi connectivity index (χ0v) is 14.8. The van der Waals surface area contributed by atoms with Gasteiger partial charge in [0.1, 0.15) is 0 Å². The van der Waals surface area contributed by atoms with Gasteiger partial charge in [0.05, 0.1) is 5.92 Å². The molecule has 1 saturated carbocycles. The predicted octanol–water partition coefficient (Wildman–Crippen LogP) is 3.06. The van der Waals surface area contributed by atoms with Crippen molar-refractivity contribution in [3.05, 3.63) is 0 Å². The minimum absolute atomic E-state index is 0.0857. The molecule has 4 heteroatoms. The van der Waals surface area contributed by atoms with Crippen molar-refractivity contribution < 1.29 is 9.59 Å². The number of hydrogen-bond acceptors (Lipinski definition) is 2. The topological polar surface area (TPSA) is 40.6 Å². The molecule has 2 amide bonds. The molecule has 3 fully saturated rings. The lowest BCUT2D eigenvalue weighted by molar-refractivity contribution is -0.137. The summed E-state index contributed by atoms with van der Waals surface area (Å²) in [5, 5.41) is 0. The van der Waals surface area contributed by atoms with Gasteiger partial charge >= 0.3 is 0 Å². The predicted molar refractivity (Wildman–Crippen MR) is 90.8 cm³/mol. The van der Waals surface area contributed by atoms with E-state index in [0.29, 0.717) is 24.9 Å². The van der Waals surface area contributed by atoms with Gasteiger partial charge < -0.3 is 9.80 Å². The van der Waals surface area contributed by atoms with Crippen molar-refractivity contribution in [2.75, 3.05) is 19.6 Å². The van der Waals surface area contributed by atoms with Crippen molar-refractivity contribution in [3.63, 3.8) is 0 Å². The molecule has 0 aromatic carbocycles. The SMILES string of the molecule is CC[C@@H]1CCCN(C(=O)[C@@H]2CC(=O)N(C3CCC(C)CC3)C2)C1. The Labute approximate surface area is 140 Å². The van der Waals surface area contributed by atoms with Crippen molar-refractivity contribution in [1.82, 2.24) is 9.80 Å². The molecule has 2 saturated heterocycles. The van der Waals surface area contributed by atoms with Gasteiger partial charge in [-0.3, -0.25) is 9.59 Å². The summed E-state index contributed by atoms with van der Waals surface area (Å²) in [4.78, 5) is 29.3. The number of nitrogens with zero attached hydrogens (tertiary/aromatic N) is 2. The molecule has 0 spiro atoms. The average Bonchev–Trinajstić information content (AvgIpc) is 2.97. The molecule has 0 radical (unpaired) electrons. The third-order valence-corrected chi connectivity index (χ3v) is 6.34. The molecular weight excluding hydrogens is 288 g/mol. The van der Waals surface area contributed by atoms with Crippen LogP contribution in [0.25, 0.3) is 0 Å². The van der Waals surface area contributed by atoms with Crippen LogP contribution in [0.1, 0.15) is 65.2 Å². The highest BCUT2D eigenvalue weighted by Crippen LogP contribution is 2.32. The smallest absolute Gasteiger partial charge is 0.228 e. The Morgan fingerprint density at radius 2 is 1.87 bits per heavy atom. The Kier molecular flexibility index (Phi) is 5.27. The summed E-state index contributed by atoms with van der Waals surface area (Å²) in [5.41, 5.74) is 0. The van der Waals surface area contributed by atoms with E-state index in [0.717, 1.165) is 44.7 Å². The molecule has 4 nitrogen and oxygen atoms in total. The van der Waals surface area contributed by atoms with E-state index < -0.39 is 0 Å². The van der Waals surface area contributed by atoms with Gasteiger partial charge in [-0.15, -0.1) is 0 Å². The molecule has 130 valence electrons. The molecule has 1 aliphatic carbocycles. The van der Waals surface area contributed by atoms with Crippen LogP contribution in [0.5, 0.6) is 0 Å². The maximum Gasteiger partial charge on any atom is 0.228 e. The van der Waals surface area contributed by atoms with E-state index in [1.165, 1.54) is 19.3 Å². The Hall–Kier alpha value is -1.06. The van der Waals surface area contributed by atoms with Gasteiger partial charge in [-0.05, 0) is 50.4 Å². The zero-order chi connectivity index (χ0) is 16.4. The Morgan fingerprint density at radius 1 is 1.13 bits per heavy atom. The monoisotopic (exact) mass is 320 g/mol. The van der Waals surface area contributed by atoms with Crippen molar-refractivity contribution >= 4 is 11.8 Å². The van der Waals surface area contributed by atoms with Crippen molar-refractivity contribution in [2.24, 2.45) is 17.8 Å². The standard InChI is InChI=1S/C19H32N2O2/c1-3-15-5-4-10-20(12-15)19(23)16-11-18(22)21(13-16)17-8-6-14(2)7-9-17/h14-17H,3-13H2,1-2H3/t14?,15-,16-,17?/m1/s1. The second kappa shape index (κ2) is 7.23. The summed E-state index contributed by atoms with van der Waals surface area (Å²) in [5.74, 6) is 1.81. The van der Waals surface area contributed by atoms with Crippen LogP contribution in [0.15, 0.2) is 0 Å².